The van der Waals surface area contributed by atoms with E-state index in [4.69, 9.17) is 9.47 Å². The number of methoxy groups -OCH3 is 1. The SMILES string of the molecule is COc1ncc(-c2ccc([C@@H](O)[C@@H](CF)NC(=O)CCN(C)[C@H]3C[C@@H](C)O[C@@H](O)C3)cc2)s1. The summed E-state index contributed by atoms with van der Waals surface area (Å²) in [5.74, 6) is -0.336. The summed E-state index contributed by atoms with van der Waals surface area (Å²) >= 11 is 1.40. The summed E-state index contributed by atoms with van der Waals surface area (Å²) in [5, 5.41) is 23.6. The Labute approximate surface area is 197 Å². The summed E-state index contributed by atoms with van der Waals surface area (Å²) in [6, 6.07) is 6.14. The number of alkyl halides is 1. The van der Waals surface area contributed by atoms with Crippen molar-refractivity contribution in [3.8, 4) is 15.6 Å². The van der Waals surface area contributed by atoms with Gasteiger partial charge in [0.25, 0.3) is 5.19 Å². The van der Waals surface area contributed by atoms with Gasteiger partial charge >= 0.3 is 0 Å². The highest BCUT2D eigenvalue weighted by atomic mass is 32.1. The van der Waals surface area contributed by atoms with E-state index in [9.17, 15) is 19.4 Å². The molecule has 0 radical (unpaired) electrons. The van der Waals surface area contributed by atoms with Crippen molar-refractivity contribution in [2.75, 3.05) is 27.4 Å². The number of thiazole rings is 1. The van der Waals surface area contributed by atoms with E-state index in [1.54, 1.807) is 25.4 Å². The van der Waals surface area contributed by atoms with Crippen LogP contribution in [0.3, 0.4) is 0 Å². The number of hydrogen-bond donors (Lipinski definition) is 3. The van der Waals surface area contributed by atoms with Gasteiger partial charge in [0.1, 0.15) is 12.8 Å². The quantitative estimate of drug-likeness (QED) is 0.479. The van der Waals surface area contributed by atoms with E-state index in [0.717, 1.165) is 16.9 Å². The molecule has 3 N–H and O–H groups in total. The normalized spacial score (nSPS) is 22.7. The Morgan fingerprint density at radius 1 is 1.39 bits per heavy atom. The van der Waals surface area contributed by atoms with Gasteiger partial charge in [-0.3, -0.25) is 4.79 Å². The summed E-state index contributed by atoms with van der Waals surface area (Å²) in [5.41, 5.74) is 1.42. The summed E-state index contributed by atoms with van der Waals surface area (Å²) in [4.78, 5) is 19.5. The minimum atomic E-state index is -1.17. The number of aliphatic hydroxyl groups excluding tert-OH is 2. The minimum absolute atomic E-state index is 0.0504. The van der Waals surface area contributed by atoms with Crippen molar-refractivity contribution in [2.45, 2.75) is 56.8 Å². The molecule has 5 atom stereocenters. The highest BCUT2D eigenvalue weighted by Gasteiger charge is 2.29. The second-order valence-electron chi connectivity index (χ2n) is 8.35. The molecule has 33 heavy (non-hydrogen) atoms. The van der Waals surface area contributed by atoms with Gasteiger partial charge < -0.3 is 29.9 Å². The average molecular weight is 482 g/mol. The first kappa shape index (κ1) is 25.5. The second-order valence-corrected chi connectivity index (χ2v) is 9.34. The number of rotatable bonds is 10. The number of halogens is 1. The molecule has 1 aromatic carbocycles. The van der Waals surface area contributed by atoms with Crippen molar-refractivity contribution in [1.82, 2.24) is 15.2 Å². The summed E-state index contributed by atoms with van der Waals surface area (Å²) in [7, 11) is 3.45. The van der Waals surface area contributed by atoms with Crippen LogP contribution in [0.15, 0.2) is 30.5 Å². The van der Waals surface area contributed by atoms with Crippen LogP contribution in [0.25, 0.3) is 10.4 Å². The molecule has 10 heteroatoms. The fourth-order valence-corrected chi connectivity index (χ4v) is 4.69. The molecule has 0 spiro atoms. The van der Waals surface area contributed by atoms with Crippen molar-refractivity contribution in [1.29, 1.82) is 0 Å². The molecule has 0 bridgehead atoms. The zero-order valence-corrected chi connectivity index (χ0v) is 19.9. The van der Waals surface area contributed by atoms with Gasteiger partial charge in [0, 0.05) is 31.6 Å². The van der Waals surface area contributed by atoms with Crippen molar-refractivity contribution in [2.24, 2.45) is 0 Å². The minimum Gasteiger partial charge on any atom is -0.473 e. The number of nitrogens with one attached hydrogen (secondary N) is 1. The molecule has 1 aliphatic rings. The number of aliphatic hydroxyl groups is 2. The van der Waals surface area contributed by atoms with Gasteiger partial charge in [0.05, 0.1) is 24.1 Å². The van der Waals surface area contributed by atoms with Crippen LogP contribution in [0.1, 0.15) is 37.9 Å². The topological polar surface area (TPSA) is 104 Å². The molecule has 0 unspecified atom stereocenters. The second kappa shape index (κ2) is 11.8. The van der Waals surface area contributed by atoms with E-state index < -0.39 is 25.1 Å². The van der Waals surface area contributed by atoms with Crippen LogP contribution in [0.5, 0.6) is 5.19 Å². The molecule has 1 saturated heterocycles. The van der Waals surface area contributed by atoms with E-state index in [-0.39, 0.29) is 24.5 Å². The van der Waals surface area contributed by atoms with Crippen molar-refractivity contribution < 1.29 is 28.9 Å². The summed E-state index contributed by atoms with van der Waals surface area (Å²) < 4.78 is 24.1. The zero-order valence-electron chi connectivity index (χ0n) is 19.1. The first-order chi connectivity index (χ1) is 15.8. The van der Waals surface area contributed by atoms with Crippen molar-refractivity contribution in [3.63, 3.8) is 0 Å². The predicted molar refractivity (Wildman–Crippen MR) is 124 cm³/mol. The predicted octanol–water partition coefficient (Wildman–Crippen LogP) is 2.51. The molecular formula is C23H32FN3O5S. The molecule has 2 heterocycles. The number of benzene rings is 1. The Bertz CT molecular complexity index is 886. The monoisotopic (exact) mass is 481 g/mol. The van der Waals surface area contributed by atoms with Gasteiger partial charge in [-0.2, -0.15) is 0 Å². The molecule has 0 aliphatic carbocycles. The van der Waals surface area contributed by atoms with Crippen LogP contribution >= 0.6 is 11.3 Å². The Balaban J connectivity index is 1.52. The number of carbonyl (C=O) groups excluding carboxylic acids is 1. The van der Waals surface area contributed by atoms with Crippen LogP contribution in [0.4, 0.5) is 4.39 Å². The molecule has 0 saturated carbocycles. The summed E-state index contributed by atoms with van der Waals surface area (Å²) in [6.45, 7) is 1.47. The van der Waals surface area contributed by atoms with Crippen LogP contribution < -0.4 is 10.1 Å². The highest BCUT2D eigenvalue weighted by molar-refractivity contribution is 7.16. The van der Waals surface area contributed by atoms with E-state index in [0.29, 0.717) is 23.7 Å². The van der Waals surface area contributed by atoms with Crippen molar-refractivity contribution >= 4 is 17.2 Å². The third-order valence-electron chi connectivity index (χ3n) is 5.87. The molecular weight excluding hydrogens is 449 g/mol. The van der Waals surface area contributed by atoms with Gasteiger partial charge in [-0.15, -0.1) is 0 Å². The third-order valence-corrected chi connectivity index (χ3v) is 6.88. The Kier molecular flexibility index (Phi) is 9.16. The van der Waals surface area contributed by atoms with Crippen LogP contribution in [-0.4, -0.2) is 77.9 Å². The first-order valence-electron chi connectivity index (χ1n) is 11.0. The van der Waals surface area contributed by atoms with E-state index in [1.165, 1.54) is 11.3 Å². The number of ether oxygens (including phenoxy) is 2. The van der Waals surface area contributed by atoms with Crippen LogP contribution in [-0.2, 0) is 9.53 Å². The van der Waals surface area contributed by atoms with E-state index in [1.807, 2.05) is 31.0 Å². The first-order valence-corrected chi connectivity index (χ1v) is 11.8. The maximum Gasteiger partial charge on any atom is 0.273 e. The molecule has 182 valence electrons. The molecule has 8 nitrogen and oxygen atoms in total. The van der Waals surface area contributed by atoms with Gasteiger partial charge in [-0.1, -0.05) is 35.6 Å². The lowest BCUT2D eigenvalue weighted by Crippen LogP contribution is -2.45. The van der Waals surface area contributed by atoms with Crippen LogP contribution in [0, 0.1) is 0 Å². The third kappa shape index (κ3) is 6.94. The lowest BCUT2D eigenvalue weighted by molar-refractivity contribution is -0.173. The Morgan fingerprint density at radius 3 is 2.73 bits per heavy atom. The number of aromatic nitrogens is 1. The van der Waals surface area contributed by atoms with Gasteiger partial charge in [0.2, 0.25) is 5.91 Å². The smallest absolute Gasteiger partial charge is 0.273 e. The highest BCUT2D eigenvalue weighted by Crippen LogP contribution is 2.31. The maximum atomic E-state index is 13.7. The van der Waals surface area contributed by atoms with Crippen LogP contribution in [0.2, 0.25) is 0 Å². The Hall–Kier alpha value is -2.11. The summed E-state index contributed by atoms with van der Waals surface area (Å²) in [6.07, 6.45) is 1.10. The molecule has 1 aliphatic heterocycles. The molecule has 1 aromatic heterocycles. The fourth-order valence-electron chi connectivity index (χ4n) is 3.96. The van der Waals surface area contributed by atoms with Gasteiger partial charge in [-0.05, 0) is 31.5 Å². The number of amides is 1. The Morgan fingerprint density at radius 2 is 2.12 bits per heavy atom. The fraction of sp³-hybridized carbons (Fsp3) is 0.565. The lowest BCUT2D eigenvalue weighted by Gasteiger charge is -2.36. The van der Waals surface area contributed by atoms with E-state index in [2.05, 4.69) is 10.3 Å². The molecule has 2 aromatic rings. The average Bonchev–Trinajstić information content (AvgIpc) is 3.29. The molecule has 3 rings (SSSR count). The maximum absolute atomic E-state index is 13.7. The number of hydrogen-bond acceptors (Lipinski definition) is 8. The number of nitrogens with zero attached hydrogens (tertiary/aromatic N) is 2. The molecule has 1 fully saturated rings. The lowest BCUT2D eigenvalue weighted by atomic mass is 10.0. The number of carbonyl (C=O) groups is 1. The molecule has 1 amide bonds. The van der Waals surface area contributed by atoms with Gasteiger partial charge in [0.15, 0.2) is 6.29 Å². The van der Waals surface area contributed by atoms with E-state index >= 15 is 0 Å². The van der Waals surface area contributed by atoms with Gasteiger partial charge in [-0.25, -0.2) is 9.37 Å². The zero-order chi connectivity index (χ0) is 24.0. The van der Waals surface area contributed by atoms with Crippen molar-refractivity contribution in [3.05, 3.63) is 36.0 Å². The largest absolute Gasteiger partial charge is 0.473 e. The standard InChI is InChI=1S/C23H32FN3O5S/c1-14-10-17(11-21(29)32-14)27(2)9-8-20(28)26-18(12-24)22(30)16-6-4-15(5-7-16)19-13-25-23(31-3)33-19/h4-7,13-14,17-18,21-22,29-30H,8-12H2,1-3H3,(H,26,28)/t14-,17+,18-,21-,22-/m1/s1.